The first-order chi connectivity index (χ1) is 9.40. The SMILES string of the molecule is CC(O)(CNc1c(Cl)cc(Cl)cc1Cl)c1ccccc1. The highest BCUT2D eigenvalue weighted by molar-refractivity contribution is 6.41. The fraction of sp³-hybridized carbons (Fsp3) is 0.200. The maximum Gasteiger partial charge on any atom is 0.104 e. The van der Waals surface area contributed by atoms with Crippen molar-refractivity contribution in [2.75, 3.05) is 11.9 Å². The van der Waals surface area contributed by atoms with Gasteiger partial charge in [-0.1, -0.05) is 65.1 Å². The molecule has 20 heavy (non-hydrogen) atoms. The molecule has 0 aromatic heterocycles. The van der Waals surface area contributed by atoms with Crippen molar-refractivity contribution in [3.8, 4) is 0 Å². The van der Waals surface area contributed by atoms with Gasteiger partial charge >= 0.3 is 0 Å². The van der Waals surface area contributed by atoms with Gasteiger partial charge in [-0.2, -0.15) is 0 Å². The van der Waals surface area contributed by atoms with Crippen molar-refractivity contribution in [3.05, 3.63) is 63.1 Å². The van der Waals surface area contributed by atoms with Crippen LogP contribution in [0.25, 0.3) is 0 Å². The Morgan fingerprint density at radius 2 is 1.60 bits per heavy atom. The summed E-state index contributed by atoms with van der Waals surface area (Å²) in [6.45, 7) is 2.01. The highest BCUT2D eigenvalue weighted by Crippen LogP contribution is 2.34. The van der Waals surface area contributed by atoms with Gasteiger partial charge in [-0.3, -0.25) is 0 Å². The molecule has 0 fully saturated rings. The lowest BCUT2D eigenvalue weighted by Gasteiger charge is -2.25. The average Bonchev–Trinajstić information content (AvgIpc) is 2.38. The van der Waals surface area contributed by atoms with Gasteiger partial charge in [-0.25, -0.2) is 0 Å². The molecule has 0 aliphatic carbocycles. The molecular weight excluding hydrogens is 317 g/mol. The molecule has 0 amide bonds. The predicted molar refractivity (Wildman–Crippen MR) is 86.0 cm³/mol. The summed E-state index contributed by atoms with van der Waals surface area (Å²) in [5.74, 6) is 0. The van der Waals surface area contributed by atoms with E-state index in [9.17, 15) is 5.11 Å². The Labute approximate surface area is 133 Å². The second kappa shape index (κ2) is 6.23. The molecule has 2 nitrogen and oxygen atoms in total. The van der Waals surface area contributed by atoms with Gasteiger partial charge in [0.25, 0.3) is 0 Å². The number of benzene rings is 2. The highest BCUT2D eigenvalue weighted by atomic mass is 35.5. The standard InChI is InChI=1S/C15H14Cl3NO/c1-15(20,10-5-3-2-4-6-10)9-19-14-12(17)7-11(16)8-13(14)18/h2-8,19-20H,9H2,1H3. The van der Waals surface area contributed by atoms with Crippen LogP contribution in [-0.4, -0.2) is 11.7 Å². The Bertz CT molecular complexity index is 576. The first-order valence-electron chi connectivity index (χ1n) is 6.06. The normalized spacial score (nSPS) is 13.8. The Balaban J connectivity index is 2.17. The average molecular weight is 331 g/mol. The van der Waals surface area contributed by atoms with Crippen molar-refractivity contribution < 1.29 is 5.11 Å². The van der Waals surface area contributed by atoms with Crippen LogP contribution < -0.4 is 5.32 Å². The summed E-state index contributed by atoms with van der Waals surface area (Å²) in [5, 5.41) is 14.9. The molecule has 106 valence electrons. The van der Waals surface area contributed by atoms with Crippen LogP contribution in [0, 0.1) is 0 Å². The molecule has 0 aliphatic rings. The van der Waals surface area contributed by atoms with Gasteiger partial charge in [-0.05, 0) is 24.6 Å². The Kier molecular flexibility index (Phi) is 4.82. The van der Waals surface area contributed by atoms with Crippen molar-refractivity contribution in [2.45, 2.75) is 12.5 Å². The summed E-state index contributed by atoms with van der Waals surface area (Å²) >= 11 is 18.1. The van der Waals surface area contributed by atoms with Crippen LogP contribution in [0.4, 0.5) is 5.69 Å². The molecule has 1 atom stereocenters. The molecule has 2 N–H and O–H groups in total. The fourth-order valence-electron chi connectivity index (χ4n) is 1.87. The van der Waals surface area contributed by atoms with Crippen molar-refractivity contribution in [1.82, 2.24) is 0 Å². The summed E-state index contributed by atoms with van der Waals surface area (Å²) in [6.07, 6.45) is 0. The van der Waals surface area contributed by atoms with Crippen LogP contribution in [0.3, 0.4) is 0 Å². The summed E-state index contributed by atoms with van der Waals surface area (Å²) in [7, 11) is 0. The predicted octanol–water partition coefficient (Wildman–Crippen LogP) is 4.97. The van der Waals surface area contributed by atoms with Crippen molar-refractivity contribution >= 4 is 40.5 Å². The maximum atomic E-state index is 10.5. The number of rotatable bonds is 4. The minimum absolute atomic E-state index is 0.276. The zero-order valence-corrected chi connectivity index (χ0v) is 13.1. The van der Waals surface area contributed by atoms with Gasteiger partial charge in [0.1, 0.15) is 5.60 Å². The summed E-state index contributed by atoms with van der Waals surface area (Å²) in [6, 6.07) is 12.6. The van der Waals surface area contributed by atoms with E-state index < -0.39 is 5.60 Å². The number of anilines is 1. The summed E-state index contributed by atoms with van der Waals surface area (Å²) in [5.41, 5.74) is 0.343. The number of hydrogen-bond acceptors (Lipinski definition) is 2. The van der Waals surface area contributed by atoms with Crippen LogP contribution in [0.1, 0.15) is 12.5 Å². The molecule has 0 bridgehead atoms. The molecule has 0 spiro atoms. The van der Waals surface area contributed by atoms with E-state index in [1.54, 1.807) is 19.1 Å². The van der Waals surface area contributed by atoms with Gasteiger partial charge in [0.15, 0.2) is 0 Å². The Morgan fingerprint density at radius 3 is 2.15 bits per heavy atom. The minimum atomic E-state index is -1.03. The molecule has 5 heteroatoms. The van der Waals surface area contributed by atoms with Crippen LogP contribution in [0.2, 0.25) is 15.1 Å². The molecule has 0 heterocycles. The molecule has 2 rings (SSSR count). The van der Waals surface area contributed by atoms with E-state index in [4.69, 9.17) is 34.8 Å². The van der Waals surface area contributed by atoms with E-state index >= 15 is 0 Å². The first kappa shape index (κ1) is 15.5. The van der Waals surface area contributed by atoms with Crippen molar-refractivity contribution in [1.29, 1.82) is 0 Å². The Morgan fingerprint density at radius 1 is 1.05 bits per heavy atom. The van der Waals surface area contributed by atoms with E-state index in [1.807, 2.05) is 30.3 Å². The van der Waals surface area contributed by atoms with Crippen LogP contribution in [0.5, 0.6) is 0 Å². The molecule has 1 unspecified atom stereocenters. The number of hydrogen-bond donors (Lipinski definition) is 2. The maximum absolute atomic E-state index is 10.5. The largest absolute Gasteiger partial charge is 0.384 e. The molecule has 0 radical (unpaired) electrons. The van der Waals surface area contributed by atoms with Gasteiger partial charge in [0, 0.05) is 11.6 Å². The molecule has 2 aromatic rings. The van der Waals surface area contributed by atoms with Crippen molar-refractivity contribution in [2.24, 2.45) is 0 Å². The van der Waals surface area contributed by atoms with E-state index in [-0.39, 0.29) is 6.54 Å². The number of halogens is 3. The van der Waals surface area contributed by atoms with Gasteiger partial charge in [-0.15, -0.1) is 0 Å². The molecule has 2 aromatic carbocycles. The van der Waals surface area contributed by atoms with Gasteiger partial charge in [0.2, 0.25) is 0 Å². The molecule has 0 aliphatic heterocycles. The second-order valence-corrected chi connectivity index (χ2v) is 5.99. The zero-order valence-electron chi connectivity index (χ0n) is 10.8. The van der Waals surface area contributed by atoms with Crippen LogP contribution in [0.15, 0.2) is 42.5 Å². The van der Waals surface area contributed by atoms with Crippen LogP contribution >= 0.6 is 34.8 Å². The third-order valence-corrected chi connectivity index (χ3v) is 3.83. The van der Waals surface area contributed by atoms with E-state index in [0.29, 0.717) is 20.8 Å². The van der Waals surface area contributed by atoms with E-state index in [0.717, 1.165) is 5.56 Å². The molecule has 0 saturated heterocycles. The lowest BCUT2D eigenvalue weighted by molar-refractivity contribution is 0.0715. The summed E-state index contributed by atoms with van der Waals surface area (Å²) < 4.78 is 0. The first-order valence-corrected chi connectivity index (χ1v) is 7.20. The topological polar surface area (TPSA) is 32.3 Å². The van der Waals surface area contributed by atoms with E-state index in [1.165, 1.54) is 0 Å². The van der Waals surface area contributed by atoms with Crippen LogP contribution in [-0.2, 0) is 5.60 Å². The zero-order chi connectivity index (χ0) is 14.8. The molecular formula is C15H14Cl3NO. The van der Waals surface area contributed by atoms with Crippen molar-refractivity contribution in [3.63, 3.8) is 0 Å². The third kappa shape index (κ3) is 3.58. The lowest BCUT2D eigenvalue weighted by Crippen LogP contribution is -2.30. The molecule has 0 saturated carbocycles. The highest BCUT2D eigenvalue weighted by Gasteiger charge is 2.23. The summed E-state index contributed by atoms with van der Waals surface area (Å²) in [4.78, 5) is 0. The Hall–Kier alpha value is -0.930. The van der Waals surface area contributed by atoms with Gasteiger partial charge < -0.3 is 10.4 Å². The third-order valence-electron chi connectivity index (χ3n) is 3.01. The minimum Gasteiger partial charge on any atom is -0.384 e. The lowest BCUT2D eigenvalue weighted by atomic mass is 9.96. The number of nitrogens with one attached hydrogen (secondary N) is 1. The van der Waals surface area contributed by atoms with Gasteiger partial charge in [0.05, 0.1) is 15.7 Å². The quantitative estimate of drug-likeness (QED) is 0.830. The van der Waals surface area contributed by atoms with E-state index in [2.05, 4.69) is 5.32 Å². The monoisotopic (exact) mass is 329 g/mol. The number of aliphatic hydroxyl groups is 1. The smallest absolute Gasteiger partial charge is 0.104 e. The second-order valence-electron chi connectivity index (χ2n) is 4.74. The fourth-order valence-corrected chi connectivity index (χ4v) is 2.82.